The summed E-state index contributed by atoms with van der Waals surface area (Å²) in [5.41, 5.74) is 2.29. The molecule has 122 valence electrons. The number of hydrogen-bond donors (Lipinski definition) is 0. The zero-order chi connectivity index (χ0) is 16.1. The van der Waals surface area contributed by atoms with E-state index in [0.717, 1.165) is 50.0 Å². The summed E-state index contributed by atoms with van der Waals surface area (Å²) >= 11 is 0. The van der Waals surface area contributed by atoms with Gasteiger partial charge in [0, 0.05) is 32.7 Å². The molecule has 0 radical (unpaired) electrons. The van der Waals surface area contributed by atoms with E-state index in [1.807, 2.05) is 19.9 Å². The van der Waals surface area contributed by atoms with Gasteiger partial charge in [-0.25, -0.2) is 0 Å². The van der Waals surface area contributed by atoms with E-state index in [9.17, 15) is 0 Å². The smallest absolute Gasteiger partial charge is 0.151 e. The van der Waals surface area contributed by atoms with Gasteiger partial charge in [-0.15, -0.1) is 5.10 Å². The number of ether oxygens (including phenoxy) is 1. The third-order valence-corrected chi connectivity index (χ3v) is 4.12. The molecule has 23 heavy (non-hydrogen) atoms. The van der Waals surface area contributed by atoms with Gasteiger partial charge in [-0.2, -0.15) is 5.10 Å². The highest BCUT2D eigenvalue weighted by atomic mass is 16.5. The molecule has 1 aromatic carbocycles. The van der Waals surface area contributed by atoms with Gasteiger partial charge in [-0.05, 0) is 43.7 Å². The molecule has 2 heterocycles. The van der Waals surface area contributed by atoms with Gasteiger partial charge in [-0.1, -0.05) is 12.1 Å². The van der Waals surface area contributed by atoms with Gasteiger partial charge >= 0.3 is 0 Å². The highest BCUT2D eigenvalue weighted by Gasteiger charge is 2.18. The molecular weight excluding hydrogens is 288 g/mol. The van der Waals surface area contributed by atoms with Crippen LogP contribution in [0.2, 0.25) is 0 Å². The monoisotopic (exact) mass is 312 g/mol. The molecule has 3 rings (SSSR count). The van der Waals surface area contributed by atoms with Crippen LogP contribution in [0.5, 0.6) is 5.75 Å². The molecule has 2 aromatic rings. The molecule has 1 aromatic heterocycles. The van der Waals surface area contributed by atoms with Crippen LogP contribution < -0.4 is 9.64 Å². The first-order chi connectivity index (χ1) is 11.2. The fourth-order valence-corrected chi connectivity index (χ4v) is 2.81. The maximum absolute atomic E-state index is 5.49. The second kappa shape index (κ2) is 7.42. The Hall–Kier alpha value is -2.14. The van der Waals surface area contributed by atoms with Crippen LogP contribution in [-0.2, 0) is 6.54 Å². The normalized spacial score (nSPS) is 15.7. The van der Waals surface area contributed by atoms with Crippen molar-refractivity contribution in [1.29, 1.82) is 0 Å². The van der Waals surface area contributed by atoms with E-state index in [4.69, 9.17) is 4.74 Å². The molecule has 0 amide bonds. The Morgan fingerprint density at radius 2 is 1.70 bits per heavy atom. The Kier molecular flexibility index (Phi) is 5.08. The van der Waals surface area contributed by atoms with E-state index in [1.165, 1.54) is 5.56 Å². The molecule has 0 aliphatic carbocycles. The molecule has 1 aliphatic heterocycles. The number of nitrogens with zero attached hydrogens (tertiary/aromatic N) is 4. The lowest BCUT2D eigenvalue weighted by molar-refractivity contribution is 0.249. The van der Waals surface area contributed by atoms with Crippen LogP contribution in [0.25, 0.3) is 0 Å². The average molecular weight is 312 g/mol. The number of aromatic nitrogens is 2. The van der Waals surface area contributed by atoms with E-state index in [2.05, 4.69) is 50.3 Å². The standard InChI is InChI=1S/C18H24N4O/c1-3-23-17-7-5-16(6-8-17)14-21-10-12-22(13-11-21)18-9-4-15(2)19-20-18/h4-9H,3,10-14H2,1-2H3. The van der Waals surface area contributed by atoms with Crippen molar-refractivity contribution in [2.24, 2.45) is 0 Å². The molecule has 1 saturated heterocycles. The lowest BCUT2D eigenvalue weighted by Gasteiger charge is -2.35. The summed E-state index contributed by atoms with van der Waals surface area (Å²) in [6, 6.07) is 12.5. The van der Waals surface area contributed by atoms with Crippen LogP contribution in [0.4, 0.5) is 5.82 Å². The summed E-state index contributed by atoms with van der Waals surface area (Å²) in [5.74, 6) is 1.93. The fourth-order valence-electron chi connectivity index (χ4n) is 2.81. The van der Waals surface area contributed by atoms with E-state index >= 15 is 0 Å². The van der Waals surface area contributed by atoms with Gasteiger partial charge in [0.15, 0.2) is 5.82 Å². The molecule has 0 unspecified atom stereocenters. The maximum atomic E-state index is 5.49. The Balaban J connectivity index is 1.51. The van der Waals surface area contributed by atoms with Crippen LogP contribution in [0.3, 0.4) is 0 Å². The lowest BCUT2D eigenvalue weighted by atomic mass is 10.2. The number of benzene rings is 1. The molecule has 1 aliphatic rings. The van der Waals surface area contributed by atoms with Gasteiger partial charge in [-0.3, -0.25) is 4.90 Å². The van der Waals surface area contributed by atoms with Gasteiger partial charge < -0.3 is 9.64 Å². The summed E-state index contributed by atoms with van der Waals surface area (Å²) in [6.45, 7) is 9.75. The van der Waals surface area contributed by atoms with Crippen LogP contribution in [0.1, 0.15) is 18.2 Å². The van der Waals surface area contributed by atoms with Gasteiger partial charge in [0.25, 0.3) is 0 Å². The third kappa shape index (κ3) is 4.20. The molecule has 0 bridgehead atoms. The Morgan fingerprint density at radius 3 is 2.30 bits per heavy atom. The second-order valence-corrected chi connectivity index (χ2v) is 5.87. The molecule has 5 nitrogen and oxygen atoms in total. The summed E-state index contributed by atoms with van der Waals surface area (Å²) < 4.78 is 5.49. The van der Waals surface area contributed by atoms with Crippen molar-refractivity contribution in [3.63, 3.8) is 0 Å². The Bertz CT molecular complexity index is 604. The van der Waals surface area contributed by atoms with Crippen molar-refractivity contribution in [3.05, 3.63) is 47.7 Å². The molecule has 0 spiro atoms. The van der Waals surface area contributed by atoms with Crippen molar-refractivity contribution >= 4 is 5.82 Å². The fraction of sp³-hybridized carbons (Fsp3) is 0.444. The second-order valence-electron chi connectivity index (χ2n) is 5.87. The molecule has 5 heteroatoms. The Labute approximate surface area is 137 Å². The number of piperazine rings is 1. The van der Waals surface area contributed by atoms with Gasteiger partial charge in [0.2, 0.25) is 0 Å². The highest BCUT2D eigenvalue weighted by molar-refractivity contribution is 5.37. The molecular formula is C18H24N4O. The molecule has 0 N–H and O–H groups in total. The van der Waals surface area contributed by atoms with Crippen molar-refractivity contribution in [3.8, 4) is 5.75 Å². The van der Waals surface area contributed by atoms with E-state index in [1.54, 1.807) is 0 Å². The van der Waals surface area contributed by atoms with Crippen LogP contribution in [0, 0.1) is 6.92 Å². The van der Waals surface area contributed by atoms with Crippen molar-refractivity contribution in [2.45, 2.75) is 20.4 Å². The van der Waals surface area contributed by atoms with E-state index in [0.29, 0.717) is 6.61 Å². The summed E-state index contributed by atoms with van der Waals surface area (Å²) in [6.07, 6.45) is 0. The zero-order valence-electron chi connectivity index (χ0n) is 13.9. The van der Waals surface area contributed by atoms with E-state index in [-0.39, 0.29) is 0 Å². The summed E-state index contributed by atoms with van der Waals surface area (Å²) in [4.78, 5) is 4.79. The van der Waals surface area contributed by atoms with Crippen LogP contribution >= 0.6 is 0 Å². The predicted octanol–water partition coefficient (Wildman–Crippen LogP) is 2.51. The van der Waals surface area contributed by atoms with E-state index < -0.39 is 0 Å². The average Bonchev–Trinajstić information content (AvgIpc) is 2.58. The molecule has 0 atom stereocenters. The molecule has 0 saturated carbocycles. The van der Waals surface area contributed by atoms with Gasteiger partial charge in [0.05, 0.1) is 12.3 Å². The predicted molar refractivity (Wildman–Crippen MR) is 91.9 cm³/mol. The van der Waals surface area contributed by atoms with Crippen LogP contribution in [-0.4, -0.2) is 47.9 Å². The minimum absolute atomic E-state index is 0.712. The minimum atomic E-state index is 0.712. The van der Waals surface area contributed by atoms with Crippen molar-refractivity contribution in [2.75, 3.05) is 37.7 Å². The van der Waals surface area contributed by atoms with Crippen molar-refractivity contribution in [1.82, 2.24) is 15.1 Å². The SMILES string of the molecule is CCOc1ccc(CN2CCN(c3ccc(C)nn3)CC2)cc1. The first-order valence-electron chi connectivity index (χ1n) is 8.24. The number of anilines is 1. The topological polar surface area (TPSA) is 41.5 Å². The molecule has 1 fully saturated rings. The van der Waals surface area contributed by atoms with Crippen molar-refractivity contribution < 1.29 is 4.74 Å². The summed E-state index contributed by atoms with van der Waals surface area (Å²) in [7, 11) is 0. The van der Waals surface area contributed by atoms with Crippen LogP contribution in [0.15, 0.2) is 36.4 Å². The highest BCUT2D eigenvalue weighted by Crippen LogP contribution is 2.16. The summed E-state index contributed by atoms with van der Waals surface area (Å²) in [5, 5.41) is 8.43. The number of aryl methyl sites for hydroxylation is 1. The zero-order valence-corrected chi connectivity index (χ0v) is 13.9. The lowest BCUT2D eigenvalue weighted by Crippen LogP contribution is -2.46. The number of rotatable bonds is 5. The first kappa shape index (κ1) is 15.7. The Morgan fingerprint density at radius 1 is 0.957 bits per heavy atom. The largest absolute Gasteiger partial charge is 0.494 e. The minimum Gasteiger partial charge on any atom is -0.494 e. The first-order valence-corrected chi connectivity index (χ1v) is 8.24. The number of hydrogen-bond acceptors (Lipinski definition) is 5. The maximum Gasteiger partial charge on any atom is 0.151 e. The quantitative estimate of drug-likeness (QED) is 0.848. The third-order valence-electron chi connectivity index (χ3n) is 4.12. The van der Waals surface area contributed by atoms with Gasteiger partial charge in [0.1, 0.15) is 5.75 Å².